The maximum absolute atomic E-state index is 12.2. The average Bonchev–Trinajstić information content (AvgIpc) is 2.35. The summed E-state index contributed by atoms with van der Waals surface area (Å²) in [4.78, 5) is 13.9. The van der Waals surface area contributed by atoms with E-state index in [2.05, 4.69) is 0 Å². The third-order valence-corrected chi connectivity index (χ3v) is 2.99. The first kappa shape index (κ1) is 13.4. The Kier molecular flexibility index (Phi) is 5.73. The number of carbonyl (C=O) groups excluding carboxylic acids is 1. The highest BCUT2D eigenvalue weighted by Crippen LogP contribution is 2.14. The second-order valence-electron chi connectivity index (χ2n) is 4.16. The Morgan fingerprint density at radius 3 is 3.00 bits per heavy atom. The van der Waals surface area contributed by atoms with E-state index in [1.165, 1.54) is 0 Å². The molecule has 1 amide bonds. The Morgan fingerprint density at radius 2 is 2.44 bits per heavy atom. The van der Waals surface area contributed by atoms with Gasteiger partial charge < -0.3 is 20.5 Å². The zero-order chi connectivity index (χ0) is 12.0. The van der Waals surface area contributed by atoms with E-state index < -0.39 is 0 Å². The van der Waals surface area contributed by atoms with Crippen molar-refractivity contribution in [2.24, 2.45) is 11.7 Å². The molecule has 94 valence electrons. The van der Waals surface area contributed by atoms with Crippen molar-refractivity contribution in [2.75, 3.05) is 32.9 Å². The number of amides is 1. The molecule has 0 aliphatic carbocycles. The van der Waals surface area contributed by atoms with Crippen LogP contribution in [-0.2, 0) is 9.53 Å². The second kappa shape index (κ2) is 6.83. The second-order valence-corrected chi connectivity index (χ2v) is 4.16. The lowest BCUT2D eigenvalue weighted by Crippen LogP contribution is -2.53. The third-order valence-electron chi connectivity index (χ3n) is 2.99. The van der Waals surface area contributed by atoms with E-state index in [9.17, 15) is 9.90 Å². The molecule has 1 heterocycles. The van der Waals surface area contributed by atoms with Crippen molar-refractivity contribution in [1.82, 2.24) is 4.90 Å². The first-order chi connectivity index (χ1) is 7.74. The molecule has 5 nitrogen and oxygen atoms in total. The summed E-state index contributed by atoms with van der Waals surface area (Å²) in [5, 5.41) is 9.19. The van der Waals surface area contributed by atoms with E-state index in [1.54, 1.807) is 4.90 Å². The quantitative estimate of drug-likeness (QED) is 0.672. The Bertz CT molecular complexity index is 223. The number of ether oxygens (including phenoxy) is 1. The van der Waals surface area contributed by atoms with Crippen LogP contribution in [0.3, 0.4) is 0 Å². The molecule has 0 aromatic heterocycles. The Labute approximate surface area is 96.6 Å². The van der Waals surface area contributed by atoms with E-state index in [-0.39, 0.29) is 24.5 Å². The highest BCUT2D eigenvalue weighted by molar-refractivity contribution is 5.79. The van der Waals surface area contributed by atoms with Crippen molar-refractivity contribution in [3.05, 3.63) is 0 Å². The monoisotopic (exact) mass is 230 g/mol. The zero-order valence-electron chi connectivity index (χ0n) is 9.89. The summed E-state index contributed by atoms with van der Waals surface area (Å²) in [7, 11) is 0. The van der Waals surface area contributed by atoms with E-state index in [0.29, 0.717) is 26.3 Å². The van der Waals surface area contributed by atoms with Gasteiger partial charge in [0.15, 0.2) is 0 Å². The van der Waals surface area contributed by atoms with E-state index >= 15 is 0 Å². The molecule has 2 atom stereocenters. The SMILES string of the molecule is CCCC(CN)C(=O)N1CCOCC1CO. The van der Waals surface area contributed by atoms with Crippen LogP contribution in [-0.4, -0.2) is 54.9 Å². The number of rotatable bonds is 5. The van der Waals surface area contributed by atoms with Gasteiger partial charge in [-0.1, -0.05) is 13.3 Å². The van der Waals surface area contributed by atoms with Gasteiger partial charge >= 0.3 is 0 Å². The maximum atomic E-state index is 12.2. The van der Waals surface area contributed by atoms with Crippen molar-refractivity contribution in [1.29, 1.82) is 0 Å². The highest BCUT2D eigenvalue weighted by atomic mass is 16.5. The van der Waals surface area contributed by atoms with Gasteiger partial charge in [0.2, 0.25) is 5.91 Å². The zero-order valence-corrected chi connectivity index (χ0v) is 9.89. The van der Waals surface area contributed by atoms with E-state index in [0.717, 1.165) is 12.8 Å². The summed E-state index contributed by atoms with van der Waals surface area (Å²) in [6, 6.07) is -0.202. The van der Waals surface area contributed by atoms with Crippen LogP contribution in [0.25, 0.3) is 0 Å². The predicted octanol–water partition coefficient (Wildman–Crippen LogP) is -0.419. The Hall–Kier alpha value is -0.650. The molecule has 1 aliphatic rings. The van der Waals surface area contributed by atoms with Crippen molar-refractivity contribution in [3.63, 3.8) is 0 Å². The molecule has 1 rings (SSSR count). The summed E-state index contributed by atoms with van der Waals surface area (Å²) in [5.41, 5.74) is 5.61. The molecule has 1 saturated heterocycles. The van der Waals surface area contributed by atoms with Gasteiger partial charge in [0.25, 0.3) is 0 Å². The minimum absolute atomic E-state index is 0.0465. The van der Waals surface area contributed by atoms with Gasteiger partial charge in [-0.3, -0.25) is 4.79 Å². The molecular formula is C11H22N2O3. The van der Waals surface area contributed by atoms with Crippen molar-refractivity contribution >= 4 is 5.91 Å². The fourth-order valence-corrected chi connectivity index (χ4v) is 2.02. The first-order valence-electron chi connectivity index (χ1n) is 5.93. The van der Waals surface area contributed by atoms with Gasteiger partial charge in [0, 0.05) is 13.1 Å². The smallest absolute Gasteiger partial charge is 0.227 e. The normalized spacial score (nSPS) is 23.2. The lowest BCUT2D eigenvalue weighted by molar-refractivity contribution is -0.146. The standard InChI is InChI=1S/C11H22N2O3/c1-2-3-9(6-12)11(15)13-4-5-16-8-10(13)7-14/h9-10,14H,2-8,12H2,1H3. The summed E-state index contributed by atoms with van der Waals surface area (Å²) in [5.74, 6) is -0.0520. The molecule has 2 unspecified atom stereocenters. The van der Waals surface area contributed by atoms with Gasteiger partial charge in [-0.2, -0.15) is 0 Å². The molecule has 0 saturated carbocycles. The molecule has 0 spiro atoms. The maximum Gasteiger partial charge on any atom is 0.227 e. The Morgan fingerprint density at radius 1 is 1.69 bits per heavy atom. The lowest BCUT2D eigenvalue weighted by Gasteiger charge is -2.36. The number of hydrogen-bond donors (Lipinski definition) is 2. The van der Waals surface area contributed by atoms with Gasteiger partial charge in [0.1, 0.15) is 0 Å². The van der Waals surface area contributed by atoms with Crippen molar-refractivity contribution in [3.8, 4) is 0 Å². The summed E-state index contributed by atoms with van der Waals surface area (Å²) >= 11 is 0. The van der Waals surface area contributed by atoms with Gasteiger partial charge in [0.05, 0.1) is 31.8 Å². The summed E-state index contributed by atoms with van der Waals surface area (Å²) in [6.45, 7) is 3.90. The molecule has 1 fully saturated rings. The predicted molar refractivity (Wildman–Crippen MR) is 60.9 cm³/mol. The van der Waals surface area contributed by atoms with Crippen molar-refractivity contribution < 1.29 is 14.6 Å². The fraction of sp³-hybridized carbons (Fsp3) is 0.909. The molecule has 0 radical (unpaired) electrons. The number of nitrogens with zero attached hydrogens (tertiary/aromatic N) is 1. The van der Waals surface area contributed by atoms with Crippen LogP contribution >= 0.6 is 0 Å². The first-order valence-corrected chi connectivity index (χ1v) is 5.93. The molecule has 0 aromatic rings. The van der Waals surface area contributed by atoms with Gasteiger partial charge in [-0.25, -0.2) is 0 Å². The van der Waals surface area contributed by atoms with Crippen LogP contribution in [0, 0.1) is 5.92 Å². The summed E-state index contributed by atoms with van der Waals surface area (Å²) < 4.78 is 5.24. The van der Waals surface area contributed by atoms with Crippen LogP contribution in [0.1, 0.15) is 19.8 Å². The average molecular weight is 230 g/mol. The molecule has 0 aromatic carbocycles. The number of aliphatic hydroxyl groups is 1. The Balaban J connectivity index is 2.61. The van der Waals surface area contributed by atoms with Crippen LogP contribution < -0.4 is 5.73 Å². The molecular weight excluding hydrogens is 208 g/mol. The van der Waals surface area contributed by atoms with Crippen molar-refractivity contribution in [2.45, 2.75) is 25.8 Å². The van der Waals surface area contributed by atoms with Crippen LogP contribution in [0.4, 0.5) is 0 Å². The molecule has 16 heavy (non-hydrogen) atoms. The third kappa shape index (κ3) is 3.17. The molecule has 1 aliphatic heterocycles. The van der Waals surface area contributed by atoms with E-state index in [4.69, 9.17) is 10.5 Å². The van der Waals surface area contributed by atoms with E-state index in [1.807, 2.05) is 6.92 Å². The summed E-state index contributed by atoms with van der Waals surface area (Å²) in [6.07, 6.45) is 1.76. The molecule has 0 bridgehead atoms. The number of carbonyl (C=O) groups is 1. The minimum atomic E-state index is -0.202. The minimum Gasteiger partial charge on any atom is -0.394 e. The number of nitrogens with two attached hydrogens (primary N) is 1. The fourth-order valence-electron chi connectivity index (χ4n) is 2.02. The lowest BCUT2D eigenvalue weighted by atomic mass is 10.0. The topological polar surface area (TPSA) is 75.8 Å². The number of hydrogen-bond acceptors (Lipinski definition) is 4. The van der Waals surface area contributed by atoms with Crippen LogP contribution in [0.15, 0.2) is 0 Å². The number of morpholine rings is 1. The molecule has 5 heteroatoms. The van der Waals surface area contributed by atoms with Crippen LogP contribution in [0.5, 0.6) is 0 Å². The highest BCUT2D eigenvalue weighted by Gasteiger charge is 2.30. The molecule has 3 N–H and O–H groups in total. The number of aliphatic hydroxyl groups excluding tert-OH is 1. The van der Waals surface area contributed by atoms with Gasteiger partial charge in [-0.15, -0.1) is 0 Å². The largest absolute Gasteiger partial charge is 0.394 e. The van der Waals surface area contributed by atoms with Gasteiger partial charge in [-0.05, 0) is 6.42 Å². The van der Waals surface area contributed by atoms with Crippen LogP contribution in [0.2, 0.25) is 0 Å².